The molecule has 124 valence electrons. The van der Waals surface area contributed by atoms with Gasteiger partial charge in [0.15, 0.2) is 0 Å². The van der Waals surface area contributed by atoms with E-state index in [1.807, 2.05) is 28.9 Å². The Kier molecular flexibility index (Phi) is 5.36. The quantitative estimate of drug-likeness (QED) is 0.352. The number of aliphatic imine (C=N–C) groups is 1. The van der Waals surface area contributed by atoms with Crippen LogP contribution in [0.15, 0.2) is 53.5 Å². The van der Waals surface area contributed by atoms with Gasteiger partial charge in [-0.15, -0.1) is 5.10 Å². The smallest absolute Gasteiger partial charge is 0.132 e. The monoisotopic (exact) mass is 320 g/mol. The minimum Gasteiger partial charge on any atom is -0.233 e. The highest BCUT2D eigenvalue weighted by molar-refractivity contribution is 5.93. The third-order valence-electron chi connectivity index (χ3n) is 4.14. The Bertz CT molecular complexity index is 815. The summed E-state index contributed by atoms with van der Waals surface area (Å²) in [6, 6.07) is 16.3. The van der Waals surface area contributed by atoms with E-state index in [-0.39, 0.29) is 0 Å². The third-order valence-corrected chi connectivity index (χ3v) is 4.14. The van der Waals surface area contributed by atoms with Gasteiger partial charge < -0.3 is 0 Å². The molecule has 0 amide bonds. The zero-order valence-corrected chi connectivity index (χ0v) is 14.4. The lowest BCUT2D eigenvalue weighted by Crippen LogP contribution is -2.13. The fourth-order valence-electron chi connectivity index (χ4n) is 2.75. The topological polar surface area (TPSA) is 43.1 Å². The van der Waals surface area contributed by atoms with Gasteiger partial charge in [0.25, 0.3) is 0 Å². The normalized spacial score (nSPS) is 12.0. The van der Waals surface area contributed by atoms with Crippen molar-refractivity contribution in [3.8, 4) is 0 Å². The van der Waals surface area contributed by atoms with Crippen LogP contribution in [0.3, 0.4) is 0 Å². The van der Waals surface area contributed by atoms with E-state index in [0.29, 0.717) is 0 Å². The lowest BCUT2D eigenvalue weighted by molar-refractivity contribution is 0.674. The average Bonchev–Trinajstić information content (AvgIpc) is 3.03. The van der Waals surface area contributed by atoms with Gasteiger partial charge in [-0.3, -0.25) is 0 Å². The summed E-state index contributed by atoms with van der Waals surface area (Å²) >= 11 is 0. The van der Waals surface area contributed by atoms with E-state index in [4.69, 9.17) is 4.99 Å². The summed E-state index contributed by atoms with van der Waals surface area (Å²) in [7, 11) is 0. The molecular weight excluding hydrogens is 296 g/mol. The largest absolute Gasteiger partial charge is 0.233 e. The van der Waals surface area contributed by atoms with Crippen molar-refractivity contribution in [1.82, 2.24) is 15.0 Å². The maximum atomic E-state index is 4.87. The predicted molar refractivity (Wildman–Crippen MR) is 100.0 cm³/mol. The summed E-state index contributed by atoms with van der Waals surface area (Å²) in [5.41, 5.74) is 4.12. The molecule has 0 spiro atoms. The number of aryl methyl sites for hydroxylation is 1. The van der Waals surface area contributed by atoms with Gasteiger partial charge >= 0.3 is 0 Å². The van der Waals surface area contributed by atoms with Gasteiger partial charge in [0.05, 0.1) is 11.2 Å². The summed E-state index contributed by atoms with van der Waals surface area (Å²) in [5.74, 6) is 0.962. The van der Waals surface area contributed by atoms with Crippen LogP contribution >= 0.6 is 0 Å². The molecule has 3 rings (SSSR count). The molecule has 0 aliphatic carbocycles. The average molecular weight is 320 g/mol. The lowest BCUT2D eigenvalue weighted by Gasteiger charge is -2.08. The number of nitrogens with zero attached hydrogens (tertiary/aromatic N) is 4. The van der Waals surface area contributed by atoms with E-state index < -0.39 is 0 Å². The van der Waals surface area contributed by atoms with Crippen molar-refractivity contribution in [3.05, 3.63) is 54.1 Å². The van der Waals surface area contributed by atoms with Crippen molar-refractivity contribution in [1.29, 1.82) is 0 Å². The molecule has 0 unspecified atom stereocenters. The zero-order valence-electron chi connectivity index (χ0n) is 14.4. The van der Waals surface area contributed by atoms with Crippen LogP contribution in [0, 0.1) is 6.92 Å². The molecule has 0 atom stereocenters. The van der Waals surface area contributed by atoms with Crippen molar-refractivity contribution in [2.75, 3.05) is 0 Å². The van der Waals surface area contributed by atoms with Gasteiger partial charge in [-0.25, -0.2) is 4.99 Å². The number of rotatable bonds is 6. The number of unbranched alkanes of at least 4 members (excludes halogenated alkanes) is 3. The molecule has 1 aromatic heterocycles. The predicted octanol–water partition coefficient (Wildman–Crippen LogP) is 5.29. The van der Waals surface area contributed by atoms with Crippen molar-refractivity contribution < 1.29 is 0 Å². The van der Waals surface area contributed by atoms with Gasteiger partial charge in [0, 0.05) is 6.42 Å². The maximum absolute atomic E-state index is 4.87. The highest BCUT2D eigenvalue weighted by atomic mass is 15.4. The van der Waals surface area contributed by atoms with Gasteiger partial charge in [-0.05, 0) is 37.6 Å². The molecule has 0 radical (unpaired) electrons. The minimum absolute atomic E-state index is 0.904. The summed E-state index contributed by atoms with van der Waals surface area (Å²) in [6.07, 6.45) is 5.73. The van der Waals surface area contributed by atoms with Crippen LogP contribution in [0.25, 0.3) is 11.0 Å². The highest BCUT2D eigenvalue weighted by Gasteiger charge is 2.10. The van der Waals surface area contributed by atoms with E-state index in [0.717, 1.165) is 35.4 Å². The van der Waals surface area contributed by atoms with Gasteiger partial charge in [-0.1, -0.05) is 61.2 Å². The van der Waals surface area contributed by atoms with E-state index in [2.05, 4.69) is 48.4 Å². The molecule has 4 heteroatoms. The van der Waals surface area contributed by atoms with Crippen molar-refractivity contribution in [3.63, 3.8) is 0 Å². The first-order valence-electron chi connectivity index (χ1n) is 8.73. The Morgan fingerprint density at radius 3 is 2.58 bits per heavy atom. The van der Waals surface area contributed by atoms with Crippen LogP contribution < -0.4 is 0 Å². The first-order chi connectivity index (χ1) is 11.8. The first-order valence-corrected chi connectivity index (χ1v) is 8.73. The molecule has 0 bridgehead atoms. The third kappa shape index (κ3) is 3.88. The first kappa shape index (κ1) is 16.4. The van der Waals surface area contributed by atoms with Crippen LogP contribution in [-0.2, 0) is 0 Å². The lowest BCUT2D eigenvalue weighted by atomic mass is 10.1. The molecule has 1 heterocycles. The number of hydrogen-bond donors (Lipinski definition) is 0. The van der Waals surface area contributed by atoms with Crippen molar-refractivity contribution in [2.24, 2.45) is 4.99 Å². The van der Waals surface area contributed by atoms with E-state index in [9.17, 15) is 0 Å². The molecule has 2 aromatic carbocycles. The molecule has 0 saturated carbocycles. The van der Waals surface area contributed by atoms with Crippen LogP contribution in [0.5, 0.6) is 0 Å². The number of aromatic nitrogens is 3. The Labute approximate surface area is 143 Å². The van der Waals surface area contributed by atoms with Crippen LogP contribution in [0.4, 0.5) is 5.69 Å². The SMILES string of the molecule is CCCCCCC(=Nc1ccc(C)cc1)n1nnc2ccccc21. The zero-order chi connectivity index (χ0) is 16.8. The molecule has 0 N–H and O–H groups in total. The molecule has 0 aliphatic rings. The van der Waals surface area contributed by atoms with Crippen LogP contribution in [0.1, 0.15) is 44.6 Å². The van der Waals surface area contributed by atoms with Crippen LogP contribution in [-0.4, -0.2) is 20.8 Å². The Morgan fingerprint density at radius 1 is 1.00 bits per heavy atom. The minimum atomic E-state index is 0.904. The van der Waals surface area contributed by atoms with Crippen molar-refractivity contribution in [2.45, 2.75) is 46.0 Å². The molecule has 4 nitrogen and oxygen atoms in total. The Balaban J connectivity index is 1.93. The second-order valence-corrected chi connectivity index (χ2v) is 6.16. The van der Waals surface area contributed by atoms with Gasteiger partial charge in [0.1, 0.15) is 11.4 Å². The highest BCUT2D eigenvalue weighted by Crippen LogP contribution is 2.18. The summed E-state index contributed by atoms with van der Waals surface area (Å²) in [4.78, 5) is 4.87. The van der Waals surface area contributed by atoms with Gasteiger partial charge in [0.2, 0.25) is 0 Å². The van der Waals surface area contributed by atoms with Crippen LogP contribution in [0.2, 0.25) is 0 Å². The number of hydrogen-bond acceptors (Lipinski definition) is 3. The summed E-state index contributed by atoms with van der Waals surface area (Å²) in [5, 5.41) is 8.62. The molecule has 0 aliphatic heterocycles. The Hall–Kier alpha value is -2.49. The van der Waals surface area contributed by atoms with Crippen molar-refractivity contribution >= 4 is 22.6 Å². The molecule has 0 saturated heterocycles. The summed E-state index contributed by atoms with van der Waals surface area (Å²) < 4.78 is 1.89. The molecule has 3 aromatic rings. The molecule has 24 heavy (non-hydrogen) atoms. The molecule has 0 fully saturated rings. The second kappa shape index (κ2) is 7.86. The summed E-state index contributed by atoms with van der Waals surface area (Å²) in [6.45, 7) is 4.32. The van der Waals surface area contributed by atoms with E-state index >= 15 is 0 Å². The number of para-hydroxylation sites is 1. The maximum Gasteiger partial charge on any atom is 0.132 e. The molecular formula is C20H24N4. The number of fused-ring (bicyclic) bond motifs is 1. The standard InChI is InChI=1S/C20H24N4/c1-3-4-5-6-11-20(21-17-14-12-16(2)13-15-17)24-19-10-8-7-9-18(19)22-23-24/h7-10,12-15H,3-6,11H2,1-2H3. The van der Waals surface area contributed by atoms with E-state index in [1.54, 1.807) is 0 Å². The fraction of sp³-hybridized carbons (Fsp3) is 0.350. The second-order valence-electron chi connectivity index (χ2n) is 6.16. The van der Waals surface area contributed by atoms with E-state index in [1.165, 1.54) is 24.8 Å². The van der Waals surface area contributed by atoms with Gasteiger partial charge in [-0.2, -0.15) is 4.68 Å². The fourth-order valence-corrected chi connectivity index (χ4v) is 2.75. The number of benzene rings is 2. The Morgan fingerprint density at radius 2 is 1.79 bits per heavy atom.